The van der Waals surface area contributed by atoms with E-state index in [2.05, 4.69) is 19.3 Å². The Hall–Kier alpha value is -1.72. The number of carbonyl (C=O) groups excluding carboxylic acids is 2. The van der Waals surface area contributed by atoms with Crippen LogP contribution >= 0.6 is 0 Å². The molecule has 1 atom stereocenters. The van der Waals surface area contributed by atoms with Gasteiger partial charge in [-0.2, -0.15) is 0 Å². The number of hydroxylamine groups is 1. The highest BCUT2D eigenvalue weighted by molar-refractivity contribution is 5.87. The van der Waals surface area contributed by atoms with Gasteiger partial charge in [0, 0.05) is 19.5 Å². The summed E-state index contributed by atoms with van der Waals surface area (Å²) >= 11 is 0. The highest BCUT2D eigenvalue weighted by Crippen LogP contribution is 2.12. The smallest absolute Gasteiger partial charge is 0.227 e. The van der Waals surface area contributed by atoms with Gasteiger partial charge in [0.1, 0.15) is 0 Å². The number of piperidine rings is 1. The maximum Gasteiger partial charge on any atom is 0.227 e. The van der Waals surface area contributed by atoms with Gasteiger partial charge in [-0.25, -0.2) is 5.48 Å². The van der Waals surface area contributed by atoms with Gasteiger partial charge < -0.3 is 4.90 Å². The third-order valence-corrected chi connectivity index (χ3v) is 3.64. The summed E-state index contributed by atoms with van der Waals surface area (Å²) in [5, 5.41) is 0. The number of benzene rings is 1. The van der Waals surface area contributed by atoms with Crippen LogP contribution in [0, 0.1) is 5.92 Å². The Morgan fingerprint density at radius 1 is 1.36 bits per heavy atom. The zero-order chi connectivity index (χ0) is 15.9. The summed E-state index contributed by atoms with van der Waals surface area (Å²) in [7, 11) is 0. The van der Waals surface area contributed by atoms with Gasteiger partial charge in [-0.3, -0.25) is 14.4 Å². The fraction of sp³-hybridized carbons (Fsp3) is 0.529. The molecule has 1 unspecified atom stereocenters. The summed E-state index contributed by atoms with van der Waals surface area (Å²) in [4.78, 5) is 31.4. The molecule has 1 aromatic carbocycles. The summed E-state index contributed by atoms with van der Waals surface area (Å²) in [6.45, 7) is 5.62. The van der Waals surface area contributed by atoms with Crippen LogP contribution in [0.5, 0.6) is 0 Å². The zero-order valence-corrected chi connectivity index (χ0v) is 13.2. The quantitative estimate of drug-likeness (QED) is 0.811. The van der Waals surface area contributed by atoms with Gasteiger partial charge in [0.15, 0.2) is 11.9 Å². The van der Waals surface area contributed by atoms with Crippen LogP contribution in [0.1, 0.15) is 25.8 Å². The van der Waals surface area contributed by atoms with Gasteiger partial charge in [-0.1, -0.05) is 44.2 Å². The summed E-state index contributed by atoms with van der Waals surface area (Å²) in [6, 6.07) is 9.64. The van der Waals surface area contributed by atoms with Crippen molar-refractivity contribution < 1.29 is 14.4 Å². The number of nitrogens with one attached hydrogen (secondary N) is 1. The van der Waals surface area contributed by atoms with Crippen molar-refractivity contribution in [1.29, 1.82) is 0 Å². The second-order valence-electron chi connectivity index (χ2n) is 6.07. The molecule has 0 aromatic heterocycles. The van der Waals surface area contributed by atoms with Crippen LogP contribution in [-0.2, 0) is 20.8 Å². The molecule has 22 heavy (non-hydrogen) atoms. The van der Waals surface area contributed by atoms with Crippen LogP contribution in [0.2, 0.25) is 0 Å². The van der Waals surface area contributed by atoms with E-state index in [1.807, 2.05) is 30.3 Å². The Labute approximate surface area is 131 Å². The third kappa shape index (κ3) is 4.93. The predicted octanol–water partition coefficient (Wildman–Crippen LogP) is 1.58. The van der Waals surface area contributed by atoms with Crippen molar-refractivity contribution >= 4 is 11.7 Å². The van der Waals surface area contributed by atoms with E-state index in [0.29, 0.717) is 38.4 Å². The second kappa shape index (κ2) is 8.06. The van der Waals surface area contributed by atoms with E-state index in [1.165, 1.54) is 0 Å². The Morgan fingerprint density at radius 2 is 2.09 bits per heavy atom. The van der Waals surface area contributed by atoms with E-state index >= 15 is 0 Å². The molecule has 0 spiro atoms. The van der Waals surface area contributed by atoms with Crippen molar-refractivity contribution in [2.75, 3.05) is 19.6 Å². The Morgan fingerprint density at radius 3 is 2.77 bits per heavy atom. The van der Waals surface area contributed by atoms with Crippen LogP contribution in [-0.4, -0.2) is 42.3 Å². The molecule has 0 saturated carbocycles. The van der Waals surface area contributed by atoms with Gasteiger partial charge in [-0.15, -0.1) is 0 Å². The maximum absolute atomic E-state index is 12.3. The lowest BCUT2D eigenvalue weighted by Crippen LogP contribution is -2.50. The van der Waals surface area contributed by atoms with Crippen molar-refractivity contribution in [3.05, 3.63) is 35.9 Å². The molecule has 0 radical (unpaired) electrons. The third-order valence-electron chi connectivity index (χ3n) is 3.64. The molecule has 1 fully saturated rings. The largest absolute Gasteiger partial charge is 0.339 e. The summed E-state index contributed by atoms with van der Waals surface area (Å²) in [5.41, 5.74) is 3.82. The molecule has 2 rings (SSSR count). The van der Waals surface area contributed by atoms with Crippen molar-refractivity contribution in [3.8, 4) is 0 Å². The van der Waals surface area contributed by atoms with Gasteiger partial charge >= 0.3 is 0 Å². The zero-order valence-electron chi connectivity index (χ0n) is 13.2. The molecule has 1 N–H and O–H groups in total. The molecule has 0 bridgehead atoms. The number of amides is 1. The van der Waals surface area contributed by atoms with E-state index < -0.39 is 6.10 Å². The number of hydrogen-bond donors (Lipinski definition) is 1. The Kier molecular flexibility index (Phi) is 6.10. The van der Waals surface area contributed by atoms with Crippen molar-refractivity contribution in [2.45, 2.75) is 32.8 Å². The lowest BCUT2D eigenvalue weighted by molar-refractivity contribution is -0.149. The molecule has 1 aromatic rings. The topological polar surface area (TPSA) is 58.6 Å². The van der Waals surface area contributed by atoms with Crippen LogP contribution in [0.15, 0.2) is 30.3 Å². The average molecular weight is 304 g/mol. The van der Waals surface area contributed by atoms with E-state index in [1.54, 1.807) is 4.90 Å². The SMILES string of the molecule is CC(C)CNOC1CN(C(=O)Cc2ccccc2)CCC1=O. The average Bonchev–Trinajstić information content (AvgIpc) is 2.49. The van der Waals surface area contributed by atoms with E-state index in [4.69, 9.17) is 4.84 Å². The lowest BCUT2D eigenvalue weighted by Gasteiger charge is -2.31. The molecule has 5 nitrogen and oxygen atoms in total. The minimum Gasteiger partial charge on any atom is -0.339 e. The molecule has 1 amide bonds. The highest BCUT2D eigenvalue weighted by Gasteiger charge is 2.30. The van der Waals surface area contributed by atoms with Crippen LogP contribution in [0.3, 0.4) is 0 Å². The van der Waals surface area contributed by atoms with Crippen LogP contribution in [0.4, 0.5) is 0 Å². The van der Waals surface area contributed by atoms with E-state index in [9.17, 15) is 9.59 Å². The maximum atomic E-state index is 12.3. The summed E-state index contributed by atoms with van der Waals surface area (Å²) in [6.07, 6.45) is 0.155. The first-order chi connectivity index (χ1) is 10.6. The molecule has 5 heteroatoms. The molecule has 1 aliphatic rings. The van der Waals surface area contributed by atoms with Crippen molar-refractivity contribution in [1.82, 2.24) is 10.4 Å². The van der Waals surface area contributed by atoms with E-state index in [0.717, 1.165) is 5.56 Å². The first-order valence-corrected chi connectivity index (χ1v) is 7.79. The number of likely N-dealkylation sites (tertiary alicyclic amines) is 1. The molecule has 0 aliphatic carbocycles. The minimum absolute atomic E-state index is 0.0381. The van der Waals surface area contributed by atoms with Crippen molar-refractivity contribution in [2.24, 2.45) is 5.92 Å². The van der Waals surface area contributed by atoms with Crippen LogP contribution < -0.4 is 5.48 Å². The second-order valence-corrected chi connectivity index (χ2v) is 6.07. The number of hydrogen-bond acceptors (Lipinski definition) is 4. The fourth-order valence-corrected chi connectivity index (χ4v) is 2.33. The Bertz CT molecular complexity index is 502. The van der Waals surface area contributed by atoms with Gasteiger partial charge in [0.2, 0.25) is 5.91 Å². The number of ketones is 1. The first-order valence-electron chi connectivity index (χ1n) is 7.79. The standard InChI is InChI=1S/C17H24N2O3/c1-13(2)11-18-22-16-12-19(9-8-15(16)20)17(21)10-14-6-4-3-5-7-14/h3-7,13,16,18H,8-12H2,1-2H3. The van der Waals surface area contributed by atoms with Gasteiger partial charge in [0.05, 0.1) is 13.0 Å². The number of carbonyl (C=O) groups is 2. The fourth-order valence-electron chi connectivity index (χ4n) is 2.33. The van der Waals surface area contributed by atoms with Gasteiger partial charge in [0.25, 0.3) is 0 Å². The molecular weight excluding hydrogens is 280 g/mol. The highest BCUT2D eigenvalue weighted by atomic mass is 16.7. The molecule has 120 valence electrons. The normalized spacial score (nSPS) is 18.8. The van der Waals surface area contributed by atoms with E-state index in [-0.39, 0.29) is 11.7 Å². The Balaban J connectivity index is 1.86. The predicted molar refractivity (Wildman–Crippen MR) is 84.1 cm³/mol. The van der Waals surface area contributed by atoms with Gasteiger partial charge in [-0.05, 0) is 11.5 Å². The first kappa shape index (κ1) is 16.6. The summed E-state index contributed by atoms with van der Waals surface area (Å²) in [5.74, 6) is 0.533. The summed E-state index contributed by atoms with van der Waals surface area (Å²) < 4.78 is 0. The molecule has 1 saturated heterocycles. The number of Topliss-reactive ketones (excluding diaryl/α,β-unsaturated/α-hetero) is 1. The van der Waals surface area contributed by atoms with Crippen molar-refractivity contribution in [3.63, 3.8) is 0 Å². The molecule has 1 aliphatic heterocycles. The minimum atomic E-state index is -0.563. The number of nitrogens with zero attached hydrogens (tertiary/aromatic N) is 1. The molecule has 1 heterocycles. The monoisotopic (exact) mass is 304 g/mol. The molecular formula is C17H24N2O3. The van der Waals surface area contributed by atoms with Crippen LogP contribution in [0.25, 0.3) is 0 Å². The number of rotatable bonds is 6. The lowest BCUT2D eigenvalue weighted by atomic mass is 10.1.